The highest BCUT2D eigenvalue weighted by atomic mass is 16.2. The number of carbonyl (C=O) groups excluding carboxylic acids is 2. The standard InChI is InChI=1S/C13H14N6O2/c20-12(9-1-3-14-4-2-9)17-18-13(21)10-5-11(6-10)19-7-15-16-8-19/h1-4,7-8,10-11H,5-6H2,(H,17,20)(H,18,21). The lowest BCUT2D eigenvalue weighted by Gasteiger charge is -2.34. The summed E-state index contributed by atoms with van der Waals surface area (Å²) in [6, 6.07) is 3.41. The average molecular weight is 286 g/mol. The number of rotatable bonds is 3. The molecule has 21 heavy (non-hydrogen) atoms. The lowest BCUT2D eigenvalue weighted by atomic mass is 9.79. The van der Waals surface area contributed by atoms with Crippen LogP contribution in [0.1, 0.15) is 29.2 Å². The van der Waals surface area contributed by atoms with Gasteiger partial charge in [-0.1, -0.05) is 0 Å². The molecule has 1 aliphatic rings. The molecule has 3 rings (SSSR count). The first-order valence-electron chi connectivity index (χ1n) is 6.58. The van der Waals surface area contributed by atoms with Gasteiger partial charge in [-0.3, -0.25) is 25.4 Å². The van der Waals surface area contributed by atoms with Gasteiger partial charge in [-0.15, -0.1) is 10.2 Å². The zero-order valence-electron chi connectivity index (χ0n) is 11.1. The van der Waals surface area contributed by atoms with Gasteiger partial charge in [0, 0.05) is 29.9 Å². The molecule has 8 nitrogen and oxygen atoms in total. The molecular weight excluding hydrogens is 272 g/mol. The maximum absolute atomic E-state index is 11.9. The van der Waals surface area contributed by atoms with E-state index in [0.717, 1.165) is 12.8 Å². The van der Waals surface area contributed by atoms with E-state index in [1.165, 1.54) is 12.4 Å². The van der Waals surface area contributed by atoms with Crippen molar-refractivity contribution in [3.8, 4) is 0 Å². The number of nitrogens with one attached hydrogen (secondary N) is 2. The fraction of sp³-hybridized carbons (Fsp3) is 0.308. The van der Waals surface area contributed by atoms with E-state index in [1.54, 1.807) is 24.8 Å². The molecule has 2 amide bonds. The predicted octanol–water partition coefficient (Wildman–Crippen LogP) is 0.0854. The Balaban J connectivity index is 1.45. The number of hydrogen-bond donors (Lipinski definition) is 2. The molecule has 0 unspecified atom stereocenters. The van der Waals surface area contributed by atoms with Gasteiger partial charge < -0.3 is 4.57 Å². The van der Waals surface area contributed by atoms with Crippen molar-refractivity contribution >= 4 is 11.8 Å². The van der Waals surface area contributed by atoms with Gasteiger partial charge in [-0.05, 0) is 25.0 Å². The molecular formula is C13H14N6O2. The summed E-state index contributed by atoms with van der Waals surface area (Å²) in [4.78, 5) is 27.5. The Kier molecular flexibility index (Phi) is 3.59. The zero-order valence-corrected chi connectivity index (χ0v) is 11.1. The monoisotopic (exact) mass is 286 g/mol. The quantitative estimate of drug-likeness (QED) is 0.778. The van der Waals surface area contributed by atoms with Gasteiger partial charge in [0.25, 0.3) is 5.91 Å². The van der Waals surface area contributed by atoms with Crippen molar-refractivity contribution in [2.75, 3.05) is 0 Å². The minimum absolute atomic E-state index is 0.102. The van der Waals surface area contributed by atoms with Crippen molar-refractivity contribution in [2.45, 2.75) is 18.9 Å². The van der Waals surface area contributed by atoms with Gasteiger partial charge in [0.05, 0.1) is 0 Å². The van der Waals surface area contributed by atoms with E-state index in [4.69, 9.17) is 0 Å². The van der Waals surface area contributed by atoms with E-state index >= 15 is 0 Å². The summed E-state index contributed by atoms with van der Waals surface area (Å²) < 4.78 is 1.89. The van der Waals surface area contributed by atoms with Gasteiger partial charge in [0.2, 0.25) is 5.91 Å². The third-order valence-corrected chi connectivity index (χ3v) is 3.58. The third-order valence-electron chi connectivity index (χ3n) is 3.58. The Labute approximate surface area is 120 Å². The van der Waals surface area contributed by atoms with Crippen LogP contribution in [0.25, 0.3) is 0 Å². The molecule has 2 N–H and O–H groups in total. The van der Waals surface area contributed by atoms with Gasteiger partial charge in [0.15, 0.2) is 0 Å². The summed E-state index contributed by atoms with van der Waals surface area (Å²) in [6.45, 7) is 0. The molecule has 0 bridgehead atoms. The van der Waals surface area contributed by atoms with Crippen molar-refractivity contribution in [3.63, 3.8) is 0 Å². The van der Waals surface area contributed by atoms with E-state index in [2.05, 4.69) is 26.0 Å². The van der Waals surface area contributed by atoms with E-state index in [1.807, 2.05) is 4.57 Å². The molecule has 1 saturated carbocycles. The fourth-order valence-corrected chi connectivity index (χ4v) is 2.24. The summed E-state index contributed by atoms with van der Waals surface area (Å²) in [6.07, 6.45) is 7.76. The lowest BCUT2D eigenvalue weighted by molar-refractivity contribution is -0.129. The van der Waals surface area contributed by atoms with Crippen LogP contribution in [0, 0.1) is 5.92 Å². The molecule has 0 aliphatic heterocycles. The molecule has 2 heterocycles. The van der Waals surface area contributed by atoms with Crippen LogP contribution in [0.5, 0.6) is 0 Å². The number of hydrogen-bond acceptors (Lipinski definition) is 5. The van der Waals surface area contributed by atoms with Crippen LogP contribution in [-0.4, -0.2) is 31.6 Å². The summed E-state index contributed by atoms with van der Waals surface area (Å²) >= 11 is 0. The fourth-order valence-electron chi connectivity index (χ4n) is 2.24. The molecule has 108 valence electrons. The number of hydrazine groups is 1. The molecule has 0 saturated heterocycles. The summed E-state index contributed by atoms with van der Waals surface area (Å²) in [7, 11) is 0. The minimum atomic E-state index is -0.361. The normalized spacial score (nSPS) is 20.4. The van der Waals surface area contributed by atoms with Crippen molar-refractivity contribution in [1.82, 2.24) is 30.6 Å². The Morgan fingerprint density at radius 2 is 1.76 bits per heavy atom. The summed E-state index contributed by atoms with van der Waals surface area (Å²) in [5, 5.41) is 7.48. The highest BCUT2D eigenvalue weighted by Crippen LogP contribution is 2.37. The maximum Gasteiger partial charge on any atom is 0.269 e. The first-order chi connectivity index (χ1) is 10.2. The average Bonchev–Trinajstić information content (AvgIpc) is 2.98. The van der Waals surface area contributed by atoms with Gasteiger partial charge >= 0.3 is 0 Å². The second-order valence-electron chi connectivity index (χ2n) is 4.91. The number of carbonyl (C=O) groups is 2. The summed E-state index contributed by atoms with van der Waals surface area (Å²) in [5.41, 5.74) is 5.29. The molecule has 0 atom stereocenters. The number of pyridine rings is 1. The molecule has 2 aromatic rings. The third kappa shape index (κ3) is 2.88. The lowest BCUT2D eigenvalue weighted by Crippen LogP contribution is -2.47. The number of nitrogens with zero attached hydrogens (tertiary/aromatic N) is 4. The molecule has 1 aliphatic carbocycles. The van der Waals surface area contributed by atoms with Crippen molar-refractivity contribution in [2.24, 2.45) is 5.92 Å². The highest BCUT2D eigenvalue weighted by Gasteiger charge is 2.35. The van der Waals surface area contributed by atoms with Crippen LogP contribution < -0.4 is 10.9 Å². The molecule has 1 fully saturated rings. The van der Waals surface area contributed by atoms with Crippen LogP contribution in [0.2, 0.25) is 0 Å². The van der Waals surface area contributed by atoms with Gasteiger partial charge in [-0.2, -0.15) is 0 Å². The van der Waals surface area contributed by atoms with Gasteiger partial charge in [-0.25, -0.2) is 0 Å². The number of aromatic nitrogens is 4. The second-order valence-corrected chi connectivity index (χ2v) is 4.91. The Bertz CT molecular complexity index is 621. The Morgan fingerprint density at radius 1 is 1.10 bits per heavy atom. The van der Waals surface area contributed by atoms with E-state index < -0.39 is 0 Å². The first-order valence-corrected chi connectivity index (χ1v) is 6.58. The van der Waals surface area contributed by atoms with Crippen LogP contribution in [0.15, 0.2) is 37.2 Å². The minimum Gasteiger partial charge on any atom is -0.317 e. The smallest absolute Gasteiger partial charge is 0.269 e. The summed E-state index contributed by atoms with van der Waals surface area (Å²) in [5.74, 6) is -0.641. The molecule has 0 radical (unpaired) electrons. The largest absolute Gasteiger partial charge is 0.317 e. The first kappa shape index (κ1) is 13.2. The molecule has 2 aromatic heterocycles. The Hall–Kier alpha value is -2.77. The van der Waals surface area contributed by atoms with Crippen LogP contribution in [0.4, 0.5) is 0 Å². The van der Waals surface area contributed by atoms with E-state index in [-0.39, 0.29) is 23.8 Å². The van der Waals surface area contributed by atoms with Gasteiger partial charge in [0.1, 0.15) is 12.7 Å². The second kappa shape index (κ2) is 5.70. The molecule has 0 spiro atoms. The SMILES string of the molecule is O=C(NNC(=O)C1CC(n2cnnc2)C1)c1ccncc1. The van der Waals surface area contributed by atoms with Crippen LogP contribution >= 0.6 is 0 Å². The van der Waals surface area contributed by atoms with E-state index in [9.17, 15) is 9.59 Å². The van der Waals surface area contributed by atoms with Crippen LogP contribution in [-0.2, 0) is 4.79 Å². The maximum atomic E-state index is 11.9. The Morgan fingerprint density at radius 3 is 2.43 bits per heavy atom. The highest BCUT2D eigenvalue weighted by molar-refractivity contribution is 5.95. The number of amides is 2. The van der Waals surface area contributed by atoms with Crippen LogP contribution in [0.3, 0.4) is 0 Å². The van der Waals surface area contributed by atoms with Crippen molar-refractivity contribution in [3.05, 3.63) is 42.7 Å². The van der Waals surface area contributed by atoms with E-state index in [0.29, 0.717) is 5.56 Å². The van der Waals surface area contributed by atoms with Crippen molar-refractivity contribution < 1.29 is 9.59 Å². The predicted molar refractivity (Wildman–Crippen MR) is 71.6 cm³/mol. The zero-order chi connectivity index (χ0) is 14.7. The molecule has 8 heteroatoms. The molecule has 0 aromatic carbocycles. The topological polar surface area (TPSA) is 102 Å². The van der Waals surface area contributed by atoms with Crippen molar-refractivity contribution in [1.29, 1.82) is 0 Å².